The molecule has 0 saturated carbocycles. The molecule has 1 aliphatic heterocycles. The molecule has 0 bridgehead atoms. The molecule has 4 nitrogen and oxygen atoms in total. The third kappa shape index (κ3) is 3.25. The summed E-state index contributed by atoms with van der Waals surface area (Å²) in [5, 5.41) is 9.91. The Morgan fingerprint density at radius 1 is 1.12 bits per heavy atom. The molecule has 4 heteroatoms. The van der Waals surface area contributed by atoms with Gasteiger partial charge in [-0.05, 0) is 36.8 Å². The Kier molecular flexibility index (Phi) is 4.67. The van der Waals surface area contributed by atoms with Crippen molar-refractivity contribution in [3.8, 4) is 23.1 Å². The van der Waals surface area contributed by atoms with Gasteiger partial charge in [-0.2, -0.15) is 5.26 Å². The summed E-state index contributed by atoms with van der Waals surface area (Å²) in [6, 6.07) is 12.6. The molecule has 0 N–H and O–H groups in total. The first-order chi connectivity index (χ1) is 12.4. The third-order valence-electron chi connectivity index (χ3n) is 5.03. The van der Waals surface area contributed by atoms with Crippen molar-refractivity contribution in [3.63, 3.8) is 0 Å². The average molecular weight is 334 g/mol. The van der Waals surface area contributed by atoms with Gasteiger partial charge in [0.25, 0.3) is 0 Å². The summed E-state index contributed by atoms with van der Waals surface area (Å²) in [5.74, 6) is 0.484. The topological polar surface area (TPSA) is 55.1 Å². The summed E-state index contributed by atoms with van der Waals surface area (Å²) in [7, 11) is 0. The number of rotatable bonds is 3. The van der Waals surface area contributed by atoms with Crippen molar-refractivity contribution in [1.82, 2.24) is 4.98 Å². The zero-order valence-corrected chi connectivity index (χ0v) is 14.3. The molecule has 1 aromatic carbocycles. The minimum Gasteiger partial charge on any atom is -0.471 e. The minimum absolute atomic E-state index is 0.00736. The van der Waals surface area contributed by atoms with E-state index in [-0.39, 0.29) is 6.10 Å². The van der Waals surface area contributed by atoms with E-state index in [0.29, 0.717) is 24.7 Å². The van der Waals surface area contributed by atoms with E-state index in [1.807, 2.05) is 18.2 Å². The summed E-state index contributed by atoms with van der Waals surface area (Å²) >= 11 is 0. The summed E-state index contributed by atoms with van der Waals surface area (Å²) < 4.78 is 11.5. The van der Waals surface area contributed by atoms with Crippen LogP contribution >= 0.6 is 0 Å². The smallest absolute Gasteiger partial charge is 0.232 e. The van der Waals surface area contributed by atoms with Gasteiger partial charge in [0, 0.05) is 17.7 Å². The second-order valence-corrected chi connectivity index (χ2v) is 6.73. The van der Waals surface area contributed by atoms with E-state index in [9.17, 15) is 5.26 Å². The number of benzene rings is 1. The Morgan fingerprint density at radius 3 is 2.72 bits per heavy atom. The highest BCUT2D eigenvalue weighted by Crippen LogP contribution is 2.37. The van der Waals surface area contributed by atoms with Gasteiger partial charge < -0.3 is 9.47 Å². The van der Waals surface area contributed by atoms with Crippen LogP contribution in [0.1, 0.15) is 42.5 Å². The molecular weight excluding hydrogens is 312 g/mol. The monoisotopic (exact) mass is 334 g/mol. The fraction of sp³-hybridized carbons (Fsp3) is 0.429. The largest absolute Gasteiger partial charge is 0.471 e. The van der Waals surface area contributed by atoms with Crippen LogP contribution in [0.15, 0.2) is 30.3 Å². The zero-order valence-electron chi connectivity index (χ0n) is 14.3. The number of aryl methyl sites for hydroxylation is 1. The Hall–Kier alpha value is -2.38. The van der Waals surface area contributed by atoms with Crippen molar-refractivity contribution in [2.45, 2.75) is 44.6 Å². The van der Waals surface area contributed by atoms with Crippen molar-refractivity contribution < 1.29 is 9.47 Å². The molecule has 0 spiro atoms. The number of nitrogens with zero attached hydrogens (tertiary/aromatic N) is 2. The van der Waals surface area contributed by atoms with Gasteiger partial charge in [-0.25, -0.2) is 4.98 Å². The van der Waals surface area contributed by atoms with Crippen molar-refractivity contribution in [2.75, 3.05) is 13.2 Å². The molecule has 1 saturated heterocycles. The molecule has 0 radical (unpaired) electrons. The lowest BCUT2D eigenvalue weighted by atomic mass is 9.92. The third-order valence-corrected chi connectivity index (χ3v) is 5.03. The van der Waals surface area contributed by atoms with E-state index in [4.69, 9.17) is 14.5 Å². The number of aromatic nitrogens is 1. The second-order valence-electron chi connectivity index (χ2n) is 6.73. The number of nitriles is 1. The quantitative estimate of drug-likeness (QED) is 0.794. The maximum Gasteiger partial charge on any atom is 0.232 e. The van der Waals surface area contributed by atoms with Crippen LogP contribution in [0.5, 0.6) is 5.88 Å². The number of fused-ring (bicyclic) bond motifs is 1. The van der Waals surface area contributed by atoms with Crippen molar-refractivity contribution in [1.29, 1.82) is 5.26 Å². The van der Waals surface area contributed by atoms with Gasteiger partial charge in [0.05, 0.1) is 13.2 Å². The maximum atomic E-state index is 9.91. The van der Waals surface area contributed by atoms with Gasteiger partial charge in [-0.15, -0.1) is 0 Å². The molecular formula is C21H22N2O2. The van der Waals surface area contributed by atoms with E-state index in [0.717, 1.165) is 48.9 Å². The Bertz CT molecular complexity index is 790. The lowest BCUT2D eigenvalue weighted by Gasteiger charge is -2.19. The van der Waals surface area contributed by atoms with Gasteiger partial charge in [0.1, 0.15) is 17.7 Å². The van der Waals surface area contributed by atoms with E-state index >= 15 is 0 Å². The molecule has 2 heterocycles. The number of pyridine rings is 1. The van der Waals surface area contributed by atoms with Crippen LogP contribution in [0.2, 0.25) is 0 Å². The predicted molar refractivity (Wildman–Crippen MR) is 95.5 cm³/mol. The van der Waals surface area contributed by atoms with Crippen LogP contribution < -0.4 is 4.74 Å². The molecule has 0 unspecified atom stereocenters. The summed E-state index contributed by atoms with van der Waals surface area (Å²) in [4.78, 5) is 4.79. The highest BCUT2D eigenvalue weighted by molar-refractivity contribution is 5.77. The number of hydrogen-bond acceptors (Lipinski definition) is 4. The molecule has 128 valence electrons. The van der Waals surface area contributed by atoms with E-state index in [2.05, 4.69) is 18.2 Å². The van der Waals surface area contributed by atoms with Crippen LogP contribution in [0.3, 0.4) is 0 Å². The molecule has 0 amide bonds. The summed E-state index contributed by atoms with van der Waals surface area (Å²) in [5.41, 5.74) is 4.99. The zero-order chi connectivity index (χ0) is 17.1. The van der Waals surface area contributed by atoms with Gasteiger partial charge >= 0.3 is 0 Å². The van der Waals surface area contributed by atoms with Crippen LogP contribution in [0, 0.1) is 11.3 Å². The molecule has 1 aromatic heterocycles. The lowest BCUT2D eigenvalue weighted by Crippen LogP contribution is -2.18. The fourth-order valence-electron chi connectivity index (χ4n) is 3.77. The number of hydrogen-bond donors (Lipinski definition) is 0. The first kappa shape index (κ1) is 16.1. The van der Waals surface area contributed by atoms with Gasteiger partial charge in [-0.3, -0.25) is 0 Å². The Morgan fingerprint density at radius 2 is 1.96 bits per heavy atom. The standard InChI is InChI=1S/C21H22N2O2/c22-13-18-20(15-7-3-1-4-8-15)17-9-5-2-6-10-19(17)23-21(18)25-16-11-12-24-14-16/h1,3-4,7-8,16H,2,5-6,9-12,14H2/t16-/m1/s1. The number of ether oxygens (including phenoxy) is 2. The van der Waals surface area contributed by atoms with E-state index < -0.39 is 0 Å². The lowest BCUT2D eigenvalue weighted by molar-refractivity contribution is 0.137. The van der Waals surface area contributed by atoms with Crippen molar-refractivity contribution in [2.24, 2.45) is 0 Å². The van der Waals surface area contributed by atoms with Gasteiger partial charge in [0.2, 0.25) is 5.88 Å². The first-order valence-corrected chi connectivity index (χ1v) is 9.12. The maximum absolute atomic E-state index is 9.91. The first-order valence-electron chi connectivity index (χ1n) is 9.12. The summed E-state index contributed by atoms with van der Waals surface area (Å²) in [6.07, 6.45) is 6.28. The summed E-state index contributed by atoms with van der Waals surface area (Å²) in [6.45, 7) is 1.29. The highest BCUT2D eigenvalue weighted by Gasteiger charge is 2.26. The molecule has 4 rings (SSSR count). The Labute approximate surface area is 148 Å². The fourth-order valence-corrected chi connectivity index (χ4v) is 3.77. The van der Waals surface area contributed by atoms with Crippen LogP contribution in [0.25, 0.3) is 11.1 Å². The average Bonchev–Trinajstić information content (AvgIpc) is 3.05. The second kappa shape index (κ2) is 7.25. The van der Waals surface area contributed by atoms with E-state index in [1.54, 1.807) is 0 Å². The molecule has 25 heavy (non-hydrogen) atoms. The molecule has 1 fully saturated rings. The molecule has 1 aliphatic carbocycles. The minimum atomic E-state index is -0.00736. The van der Waals surface area contributed by atoms with Crippen LogP contribution in [-0.2, 0) is 17.6 Å². The Balaban J connectivity index is 1.88. The van der Waals surface area contributed by atoms with Crippen molar-refractivity contribution in [3.05, 3.63) is 47.2 Å². The van der Waals surface area contributed by atoms with Gasteiger partial charge in [-0.1, -0.05) is 36.8 Å². The predicted octanol–water partition coefficient (Wildman–Crippen LogP) is 4.06. The van der Waals surface area contributed by atoms with E-state index in [1.165, 1.54) is 12.0 Å². The molecule has 1 atom stereocenters. The highest BCUT2D eigenvalue weighted by atomic mass is 16.5. The van der Waals surface area contributed by atoms with Gasteiger partial charge in [0.15, 0.2) is 0 Å². The SMILES string of the molecule is N#Cc1c(O[C@@H]2CCOC2)nc2c(c1-c1ccccc1)CCCCC2. The molecule has 2 aliphatic rings. The normalized spacial score (nSPS) is 19.7. The molecule has 2 aromatic rings. The van der Waals surface area contributed by atoms with Crippen molar-refractivity contribution >= 4 is 0 Å². The van der Waals surface area contributed by atoms with Crippen LogP contribution in [0.4, 0.5) is 0 Å². The van der Waals surface area contributed by atoms with Crippen LogP contribution in [-0.4, -0.2) is 24.3 Å².